The Morgan fingerprint density at radius 2 is 1.76 bits per heavy atom. The Balaban J connectivity index is 1.73. The lowest BCUT2D eigenvalue weighted by atomic mass is 9.95. The molecule has 0 aliphatic carbocycles. The molecule has 1 aliphatic heterocycles. The molecule has 11 nitrogen and oxygen atoms in total. The van der Waals surface area contributed by atoms with Gasteiger partial charge in [-0.1, -0.05) is 29.5 Å². The second-order valence-electron chi connectivity index (χ2n) is 9.34. The molecule has 1 amide bonds. The summed E-state index contributed by atoms with van der Waals surface area (Å²) in [4.78, 5) is 62.1. The first-order valence-corrected chi connectivity index (χ1v) is 13.5. The second kappa shape index (κ2) is 10.6. The average molecular weight is 575 g/mol. The summed E-state index contributed by atoms with van der Waals surface area (Å²) in [5.74, 6) is -3.48. The maximum absolute atomic E-state index is 13.6. The van der Waals surface area contributed by atoms with Gasteiger partial charge in [-0.25, -0.2) is 19.6 Å². The van der Waals surface area contributed by atoms with Crippen molar-refractivity contribution in [2.24, 2.45) is 0 Å². The van der Waals surface area contributed by atoms with E-state index in [0.717, 1.165) is 21.8 Å². The molecule has 1 saturated heterocycles. The number of hydrogen-bond donors (Lipinski definition) is 1. The predicted molar refractivity (Wildman–Crippen MR) is 150 cm³/mol. The standard InChI is InChI=1S/C29H26N4O7S/c1-6-40-28(38)24-15(3)30-29(41-24)33-21(17-9-11-18(12-10-17)27(37)39-5)19(23(35)26(33)36)22(34)20-16(4)32-13-7-8-14(2)25(32)31-20/h7-13,21,34H,6H2,1-5H3/b22-19+. The maximum atomic E-state index is 13.6. The molecule has 4 aromatic rings. The van der Waals surface area contributed by atoms with Crippen molar-refractivity contribution in [3.05, 3.63) is 86.8 Å². The van der Waals surface area contributed by atoms with E-state index in [4.69, 9.17) is 9.47 Å². The van der Waals surface area contributed by atoms with Crippen molar-refractivity contribution in [2.75, 3.05) is 18.6 Å². The summed E-state index contributed by atoms with van der Waals surface area (Å²) in [6.07, 6.45) is 1.79. The number of fused-ring (bicyclic) bond motifs is 1. The first-order chi connectivity index (χ1) is 19.6. The summed E-state index contributed by atoms with van der Waals surface area (Å²) in [5.41, 5.74) is 2.98. The molecule has 0 saturated carbocycles. The van der Waals surface area contributed by atoms with Crippen LogP contribution in [-0.2, 0) is 19.1 Å². The number of aliphatic hydroxyl groups is 1. The van der Waals surface area contributed by atoms with Crippen LogP contribution in [-0.4, -0.2) is 56.8 Å². The molecule has 1 aliphatic rings. The third kappa shape index (κ3) is 4.55. The molecule has 3 aromatic heterocycles. The third-order valence-corrected chi connectivity index (χ3v) is 7.99. The van der Waals surface area contributed by atoms with Crippen molar-refractivity contribution in [1.29, 1.82) is 0 Å². The van der Waals surface area contributed by atoms with Gasteiger partial charge in [0.15, 0.2) is 10.9 Å². The number of carbonyl (C=O) groups excluding carboxylic acids is 4. The maximum Gasteiger partial charge on any atom is 0.350 e. The van der Waals surface area contributed by atoms with Gasteiger partial charge in [-0.3, -0.25) is 14.5 Å². The molecule has 1 atom stereocenters. The van der Waals surface area contributed by atoms with Gasteiger partial charge in [-0.05, 0) is 57.0 Å². The zero-order valence-corrected chi connectivity index (χ0v) is 23.7. The number of thiazole rings is 1. The van der Waals surface area contributed by atoms with Gasteiger partial charge < -0.3 is 19.0 Å². The van der Waals surface area contributed by atoms with Gasteiger partial charge in [-0.2, -0.15) is 0 Å². The van der Waals surface area contributed by atoms with Crippen LogP contribution in [0, 0.1) is 20.8 Å². The van der Waals surface area contributed by atoms with E-state index >= 15 is 0 Å². The number of aromatic nitrogens is 3. The zero-order valence-electron chi connectivity index (χ0n) is 22.9. The number of methoxy groups -OCH3 is 1. The van der Waals surface area contributed by atoms with E-state index in [9.17, 15) is 24.3 Å². The second-order valence-corrected chi connectivity index (χ2v) is 10.3. The van der Waals surface area contributed by atoms with Crippen LogP contribution in [0.25, 0.3) is 11.4 Å². The summed E-state index contributed by atoms with van der Waals surface area (Å²) >= 11 is 0.908. The Morgan fingerprint density at radius 1 is 1.05 bits per heavy atom. The van der Waals surface area contributed by atoms with Gasteiger partial charge in [0.1, 0.15) is 16.2 Å². The Labute approximate surface area is 238 Å². The highest BCUT2D eigenvalue weighted by Crippen LogP contribution is 2.44. The van der Waals surface area contributed by atoms with Gasteiger partial charge in [0.2, 0.25) is 0 Å². The molecule has 1 fully saturated rings. The number of Topliss-reactive ketones (excluding diaryl/α,β-unsaturated/α-hetero) is 1. The summed E-state index contributed by atoms with van der Waals surface area (Å²) < 4.78 is 11.7. The Hall–Kier alpha value is -4.84. The number of pyridine rings is 1. The summed E-state index contributed by atoms with van der Waals surface area (Å²) in [6.45, 7) is 7.06. The van der Waals surface area contributed by atoms with Gasteiger partial charge in [-0.15, -0.1) is 0 Å². The Morgan fingerprint density at radius 3 is 2.39 bits per heavy atom. The number of esters is 2. The monoisotopic (exact) mass is 574 g/mol. The van der Waals surface area contributed by atoms with Crippen LogP contribution < -0.4 is 4.90 Å². The zero-order chi connectivity index (χ0) is 29.6. The van der Waals surface area contributed by atoms with Gasteiger partial charge >= 0.3 is 17.8 Å². The van der Waals surface area contributed by atoms with Crippen LogP contribution in [0.4, 0.5) is 5.13 Å². The van der Waals surface area contributed by atoms with Crippen LogP contribution in [0.2, 0.25) is 0 Å². The molecule has 1 aromatic carbocycles. The largest absolute Gasteiger partial charge is 0.505 e. The fraction of sp³-hybridized carbons (Fsp3) is 0.241. The third-order valence-electron chi connectivity index (χ3n) is 6.85. The first kappa shape index (κ1) is 27.7. The smallest absolute Gasteiger partial charge is 0.350 e. The highest BCUT2D eigenvalue weighted by molar-refractivity contribution is 7.17. The van der Waals surface area contributed by atoms with E-state index in [-0.39, 0.29) is 33.4 Å². The molecule has 12 heteroatoms. The van der Waals surface area contributed by atoms with E-state index in [1.807, 2.05) is 19.1 Å². The molecule has 1 unspecified atom stereocenters. The fourth-order valence-electron chi connectivity index (χ4n) is 4.81. The fourth-order valence-corrected chi connectivity index (χ4v) is 5.80. The molecule has 210 valence electrons. The molecule has 0 spiro atoms. The molecule has 0 radical (unpaired) electrons. The van der Waals surface area contributed by atoms with Crippen molar-refractivity contribution >= 4 is 51.5 Å². The van der Waals surface area contributed by atoms with Crippen LogP contribution in [0.15, 0.2) is 48.2 Å². The van der Waals surface area contributed by atoms with E-state index in [1.165, 1.54) is 19.2 Å². The quantitative estimate of drug-likeness (QED) is 0.154. The molecule has 1 N–H and O–H groups in total. The number of carbonyl (C=O) groups is 4. The predicted octanol–water partition coefficient (Wildman–Crippen LogP) is 4.31. The highest BCUT2D eigenvalue weighted by Gasteiger charge is 2.49. The number of ether oxygens (including phenoxy) is 2. The number of benzene rings is 1. The number of aryl methyl sites for hydroxylation is 3. The summed E-state index contributed by atoms with van der Waals surface area (Å²) in [6, 6.07) is 8.71. The lowest BCUT2D eigenvalue weighted by Crippen LogP contribution is -2.29. The normalized spacial score (nSPS) is 16.4. The minimum Gasteiger partial charge on any atom is -0.505 e. The number of rotatable bonds is 6. The number of aliphatic hydroxyl groups excluding tert-OH is 1. The number of nitrogens with zero attached hydrogens (tertiary/aromatic N) is 4. The van der Waals surface area contributed by atoms with Crippen molar-refractivity contribution in [3.8, 4) is 0 Å². The molecule has 4 heterocycles. The van der Waals surface area contributed by atoms with Crippen LogP contribution in [0.5, 0.6) is 0 Å². The topological polar surface area (TPSA) is 140 Å². The summed E-state index contributed by atoms with van der Waals surface area (Å²) in [5, 5.41) is 11.7. The van der Waals surface area contributed by atoms with Crippen LogP contribution in [0.3, 0.4) is 0 Å². The number of amides is 1. The van der Waals surface area contributed by atoms with Crippen molar-refractivity contribution in [2.45, 2.75) is 33.7 Å². The van der Waals surface area contributed by atoms with Gasteiger partial charge in [0.25, 0.3) is 5.78 Å². The molecular weight excluding hydrogens is 548 g/mol. The number of imidazole rings is 1. The number of ketones is 1. The van der Waals surface area contributed by atoms with E-state index in [1.54, 1.807) is 43.5 Å². The van der Waals surface area contributed by atoms with E-state index < -0.39 is 35.4 Å². The minimum absolute atomic E-state index is 0.0799. The van der Waals surface area contributed by atoms with Crippen molar-refractivity contribution in [1.82, 2.24) is 14.4 Å². The first-order valence-electron chi connectivity index (χ1n) is 12.7. The van der Waals surface area contributed by atoms with E-state index in [0.29, 0.717) is 22.6 Å². The Bertz CT molecular complexity index is 1770. The molecule has 41 heavy (non-hydrogen) atoms. The highest BCUT2D eigenvalue weighted by atomic mass is 32.1. The van der Waals surface area contributed by atoms with Crippen molar-refractivity contribution < 1.29 is 33.8 Å². The summed E-state index contributed by atoms with van der Waals surface area (Å²) in [7, 11) is 1.26. The lowest BCUT2D eigenvalue weighted by molar-refractivity contribution is -0.132. The lowest BCUT2D eigenvalue weighted by Gasteiger charge is -2.23. The van der Waals surface area contributed by atoms with Crippen LogP contribution >= 0.6 is 11.3 Å². The van der Waals surface area contributed by atoms with Crippen LogP contribution in [0.1, 0.15) is 61.2 Å². The average Bonchev–Trinajstić information content (AvgIpc) is 3.60. The SMILES string of the molecule is CCOC(=O)c1sc(N2C(=O)C(=O)/C(=C(/O)c3nc4c(C)cccn4c3C)C2c2ccc(C(=O)OC)cc2)nc1C. The van der Waals surface area contributed by atoms with Crippen molar-refractivity contribution in [3.63, 3.8) is 0 Å². The number of hydrogen-bond acceptors (Lipinski definition) is 10. The molecule has 5 rings (SSSR count). The molecule has 0 bridgehead atoms. The number of anilines is 1. The molecular formula is C29H26N4O7S. The van der Waals surface area contributed by atoms with Gasteiger partial charge in [0.05, 0.1) is 42.3 Å². The van der Waals surface area contributed by atoms with E-state index in [2.05, 4.69) is 9.97 Å². The minimum atomic E-state index is -1.13. The van der Waals surface area contributed by atoms with Gasteiger partial charge in [0, 0.05) is 6.20 Å². The Kier molecular flexibility index (Phi) is 7.18.